The van der Waals surface area contributed by atoms with Crippen LogP contribution < -0.4 is 5.32 Å². The second-order valence-electron chi connectivity index (χ2n) is 6.31. The van der Waals surface area contributed by atoms with Gasteiger partial charge < -0.3 is 5.32 Å². The van der Waals surface area contributed by atoms with Gasteiger partial charge in [-0.1, -0.05) is 46.0 Å². The normalized spacial score (nSPS) is 17.6. The third-order valence-corrected chi connectivity index (χ3v) is 5.48. The molecule has 1 aliphatic heterocycles. The van der Waals surface area contributed by atoms with Crippen molar-refractivity contribution in [2.75, 3.05) is 18.8 Å². The van der Waals surface area contributed by atoms with Gasteiger partial charge in [0.15, 0.2) is 0 Å². The van der Waals surface area contributed by atoms with E-state index in [0.717, 1.165) is 25.0 Å². The van der Waals surface area contributed by atoms with Crippen LogP contribution in [-0.2, 0) is 14.4 Å². The minimum Gasteiger partial charge on any atom is -0.356 e. The van der Waals surface area contributed by atoms with Crippen LogP contribution in [0.5, 0.6) is 0 Å². The molecule has 1 atom stereocenters. The molecule has 1 aliphatic rings. The Morgan fingerprint density at radius 2 is 1.83 bits per heavy atom. The number of nitrogens with one attached hydrogen (secondary N) is 1. The molecule has 0 aliphatic carbocycles. The summed E-state index contributed by atoms with van der Waals surface area (Å²) in [5.41, 5.74) is 0. The monoisotopic (exact) mass is 356 g/mol. The van der Waals surface area contributed by atoms with Crippen LogP contribution in [0, 0.1) is 0 Å². The predicted octanol–water partition coefficient (Wildman–Crippen LogP) is 3.12. The number of hydrogen-bond acceptors (Lipinski definition) is 4. The quantitative estimate of drug-likeness (QED) is 0.407. The van der Waals surface area contributed by atoms with Crippen LogP contribution in [0.4, 0.5) is 0 Å². The molecule has 1 heterocycles. The first-order chi connectivity index (χ1) is 11.6. The molecule has 0 aromatic heterocycles. The standard InChI is InChI=1S/C18H32N2O3S/c1-3-5-7-8-9-13-24-15-14-17(22)20(18(15)23)12-10-16(21)19-11-6-4-2/h15H,3-14H2,1-2H3,(H,19,21). The number of carbonyl (C=O) groups excluding carboxylic acids is 3. The number of likely N-dealkylation sites (tertiary alicyclic amines) is 1. The minimum atomic E-state index is -0.244. The first-order valence-electron chi connectivity index (χ1n) is 9.32. The summed E-state index contributed by atoms with van der Waals surface area (Å²) < 4.78 is 0. The predicted molar refractivity (Wildman–Crippen MR) is 98.9 cm³/mol. The number of nitrogens with zero attached hydrogens (tertiary/aromatic N) is 1. The van der Waals surface area contributed by atoms with Gasteiger partial charge in [-0.05, 0) is 18.6 Å². The zero-order valence-electron chi connectivity index (χ0n) is 15.1. The van der Waals surface area contributed by atoms with E-state index in [4.69, 9.17) is 0 Å². The molecule has 0 bridgehead atoms. The van der Waals surface area contributed by atoms with Crippen molar-refractivity contribution in [2.24, 2.45) is 0 Å². The number of hydrogen-bond donors (Lipinski definition) is 1. The number of amides is 3. The lowest BCUT2D eigenvalue weighted by atomic mass is 10.2. The molecule has 0 aromatic rings. The molecule has 5 nitrogen and oxygen atoms in total. The highest BCUT2D eigenvalue weighted by atomic mass is 32.2. The number of carbonyl (C=O) groups is 3. The summed E-state index contributed by atoms with van der Waals surface area (Å²) in [7, 11) is 0. The van der Waals surface area contributed by atoms with Crippen molar-refractivity contribution < 1.29 is 14.4 Å². The van der Waals surface area contributed by atoms with Crippen molar-refractivity contribution in [1.82, 2.24) is 10.2 Å². The van der Waals surface area contributed by atoms with E-state index < -0.39 is 0 Å². The minimum absolute atomic E-state index is 0.0870. The fourth-order valence-corrected chi connectivity index (χ4v) is 3.84. The maximum atomic E-state index is 12.3. The third kappa shape index (κ3) is 7.69. The molecule has 1 fully saturated rings. The Kier molecular flexibility index (Phi) is 10.8. The lowest BCUT2D eigenvalue weighted by molar-refractivity contribution is -0.138. The van der Waals surface area contributed by atoms with E-state index in [1.807, 2.05) is 0 Å². The van der Waals surface area contributed by atoms with Crippen LogP contribution in [0.3, 0.4) is 0 Å². The van der Waals surface area contributed by atoms with E-state index in [1.165, 1.54) is 30.6 Å². The summed E-state index contributed by atoms with van der Waals surface area (Å²) in [5.74, 6) is 0.597. The van der Waals surface area contributed by atoms with Gasteiger partial charge in [-0.2, -0.15) is 0 Å². The van der Waals surface area contributed by atoms with Crippen molar-refractivity contribution in [1.29, 1.82) is 0 Å². The molecule has 6 heteroatoms. The Labute approximate surface area is 150 Å². The van der Waals surface area contributed by atoms with Gasteiger partial charge in [0.2, 0.25) is 17.7 Å². The number of imide groups is 1. The first-order valence-corrected chi connectivity index (χ1v) is 10.4. The highest BCUT2D eigenvalue weighted by molar-refractivity contribution is 8.00. The van der Waals surface area contributed by atoms with Crippen LogP contribution in [0.15, 0.2) is 0 Å². The molecule has 138 valence electrons. The van der Waals surface area contributed by atoms with E-state index >= 15 is 0 Å². The molecule has 1 unspecified atom stereocenters. The first kappa shape index (κ1) is 21.0. The highest BCUT2D eigenvalue weighted by Crippen LogP contribution is 2.26. The average molecular weight is 357 g/mol. The second kappa shape index (κ2) is 12.3. The van der Waals surface area contributed by atoms with E-state index in [2.05, 4.69) is 19.2 Å². The molecular formula is C18H32N2O3S. The number of thioether (sulfide) groups is 1. The Morgan fingerprint density at radius 1 is 1.12 bits per heavy atom. The fourth-order valence-electron chi connectivity index (χ4n) is 2.66. The molecule has 1 N–H and O–H groups in total. The molecule has 0 spiro atoms. The molecule has 1 saturated heterocycles. The molecule has 24 heavy (non-hydrogen) atoms. The van der Waals surface area contributed by atoms with Gasteiger partial charge in [-0.3, -0.25) is 19.3 Å². The van der Waals surface area contributed by atoms with Crippen LogP contribution >= 0.6 is 11.8 Å². The van der Waals surface area contributed by atoms with Crippen molar-refractivity contribution in [3.05, 3.63) is 0 Å². The molecule has 0 saturated carbocycles. The lowest BCUT2D eigenvalue weighted by Crippen LogP contribution is -2.35. The maximum Gasteiger partial charge on any atom is 0.242 e. The molecule has 0 aromatic carbocycles. The second-order valence-corrected chi connectivity index (χ2v) is 7.63. The van der Waals surface area contributed by atoms with Gasteiger partial charge >= 0.3 is 0 Å². The summed E-state index contributed by atoms with van der Waals surface area (Å²) >= 11 is 1.60. The highest BCUT2D eigenvalue weighted by Gasteiger charge is 2.38. The molecule has 0 radical (unpaired) electrons. The van der Waals surface area contributed by atoms with Gasteiger partial charge in [0.25, 0.3) is 0 Å². The van der Waals surface area contributed by atoms with Gasteiger partial charge in [0, 0.05) is 25.9 Å². The van der Waals surface area contributed by atoms with Crippen LogP contribution in [0.1, 0.15) is 71.6 Å². The van der Waals surface area contributed by atoms with Crippen LogP contribution in [0.2, 0.25) is 0 Å². The average Bonchev–Trinajstić information content (AvgIpc) is 2.83. The van der Waals surface area contributed by atoms with E-state index in [9.17, 15) is 14.4 Å². The lowest BCUT2D eigenvalue weighted by Gasteiger charge is -2.14. The zero-order valence-corrected chi connectivity index (χ0v) is 16.0. The van der Waals surface area contributed by atoms with Gasteiger partial charge in [0.05, 0.1) is 5.25 Å². The van der Waals surface area contributed by atoms with Crippen molar-refractivity contribution >= 4 is 29.5 Å². The molecule has 1 rings (SSSR count). The van der Waals surface area contributed by atoms with Crippen molar-refractivity contribution in [2.45, 2.75) is 76.9 Å². The summed E-state index contributed by atoms with van der Waals surface area (Å²) in [4.78, 5) is 37.3. The Bertz CT molecular complexity index is 415. The third-order valence-electron chi connectivity index (χ3n) is 4.18. The van der Waals surface area contributed by atoms with E-state index in [0.29, 0.717) is 6.54 Å². The summed E-state index contributed by atoms with van der Waals surface area (Å²) in [6, 6.07) is 0. The summed E-state index contributed by atoms with van der Waals surface area (Å²) in [6.45, 7) is 5.13. The van der Waals surface area contributed by atoms with Crippen molar-refractivity contribution in [3.8, 4) is 0 Å². The zero-order chi connectivity index (χ0) is 17.8. The Morgan fingerprint density at radius 3 is 2.54 bits per heavy atom. The Hall–Kier alpha value is -1.04. The Balaban J connectivity index is 2.24. The van der Waals surface area contributed by atoms with Crippen LogP contribution in [0.25, 0.3) is 0 Å². The summed E-state index contributed by atoms with van der Waals surface area (Å²) in [6.07, 6.45) is 8.49. The van der Waals surface area contributed by atoms with Crippen molar-refractivity contribution in [3.63, 3.8) is 0 Å². The van der Waals surface area contributed by atoms with E-state index in [-0.39, 0.29) is 42.4 Å². The topological polar surface area (TPSA) is 66.5 Å². The van der Waals surface area contributed by atoms with Gasteiger partial charge in [-0.25, -0.2) is 0 Å². The largest absolute Gasteiger partial charge is 0.356 e. The maximum absolute atomic E-state index is 12.3. The smallest absolute Gasteiger partial charge is 0.242 e. The number of rotatable bonds is 13. The fraction of sp³-hybridized carbons (Fsp3) is 0.833. The molecule has 3 amide bonds. The van der Waals surface area contributed by atoms with E-state index in [1.54, 1.807) is 11.8 Å². The van der Waals surface area contributed by atoms with Gasteiger partial charge in [-0.15, -0.1) is 11.8 Å². The van der Waals surface area contributed by atoms with Gasteiger partial charge in [0.1, 0.15) is 0 Å². The molecular weight excluding hydrogens is 324 g/mol. The van der Waals surface area contributed by atoms with Crippen LogP contribution in [-0.4, -0.2) is 46.7 Å². The SMILES string of the molecule is CCCCCCCSC1CC(=O)N(CCC(=O)NCCCC)C1=O. The number of unbranched alkanes of at least 4 members (excludes halogenated alkanes) is 5. The summed E-state index contributed by atoms with van der Waals surface area (Å²) in [5, 5.41) is 2.57.